The van der Waals surface area contributed by atoms with E-state index < -0.39 is 0 Å². The Hall–Kier alpha value is -2.77. The minimum atomic E-state index is -0.267. The van der Waals surface area contributed by atoms with Crippen molar-refractivity contribution in [1.82, 2.24) is 15.2 Å². The summed E-state index contributed by atoms with van der Waals surface area (Å²) in [6.45, 7) is 3.74. The fourth-order valence-corrected chi connectivity index (χ4v) is 4.74. The first-order valence-electron chi connectivity index (χ1n) is 10.5. The monoisotopic (exact) mass is 407 g/mol. The number of carbonyl (C=O) groups is 2. The SMILES string of the molecule is O=C(NCC[C@@H]1CCOC12CN(C(=O)c1ccc3c(c1)COC3)C2)c1ccncc1. The molecule has 1 spiro atoms. The second-order valence-corrected chi connectivity index (χ2v) is 8.32. The lowest BCUT2D eigenvalue weighted by atomic mass is 9.78. The van der Waals surface area contributed by atoms with E-state index in [4.69, 9.17) is 9.47 Å². The number of rotatable bonds is 5. The standard InChI is InChI=1S/C23H25N3O4/c27-21(16-3-7-24-8-4-16)25-9-5-20-6-10-30-23(20)14-26(15-23)22(28)17-1-2-18-12-29-13-19(18)11-17/h1-4,7-8,11,20H,5-6,9-10,12-15H2,(H,25,27)/t20-/m1/s1. The van der Waals surface area contributed by atoms with E-state index in [0.717, 1.165) is 18.4 Å². The van der Waals surface area contributed by atoms with Gasteiger partial charge in [0.15, 0.2) is 0 Å². The van der Waals surface area contributed by atoms with Crippen molar-refractivity contribution >= 4 is 11.8 Å². The number of aromatic nitrogens is 1. The highest BCUT2D eigenvalue weighted by atomic mass is 16.5. The van der Waals surface area contributed by atoms with Crippen molar-refractivity contribution in [3.8, 4) is 0 Å². The molecule has 2 saturated heterocycles. The molecule has 1 aromatic carbocycles. The zero-order chi connectivity index (χ0) is 20.6. The summed E-state index contributed by atoms with van der Waals surface area (Å²) in [6, 6.07) is 9.25. The Morgan fingerprint density at radius 2 is 1.90 bits per heavy atom. The fourth-order valence-electron chi connectivity index (χ4n) is 4.74. The Morgan fingerprint density at radius 3 is 2.73 bits per heavy atom. The molecule has 30 heavy (non-hydrogen) atoms. The number of carbonyl (C=O) groups excluding carboxylic acids is 2. The number of fused-ring (bicyclic) bond motifs is 1. The van der Waals surface area contributed by atoms with Gasteiger partial charge in [0.25, 0.3) is 11.8 Å². The maximum atomic E-state index is 12.9. The second kappa shape index (κ2) is 7.81. The second-order valence-electron chi connectivity index (χ2n) is 8.32. The number of pyridine rings is 1. The van der Waals surface area contributed by atoms with E-state index in [2.05, 4.69) is 10.3 Å². The molecule has 1 N–H and O–H groups in total. The van der Waals surface area contributed by atoms with Crippen LogP contribution in [0.5, 0.6) is 0 Å². The van der Waals surface area contributed by atoms with Gasteiger partial charge < -0.3 is 19.7 Å². The van der Waals surface area contributed by atoms with Crippen molar-refractivity contribution in [1.29, 1.82) is 0 Å². The first-order chi connectivity index (χ1) is 14.6. The first-order valence-corrected chi connectivity index (χ1v) is 10.5. The van der Waals surface area contributed by atoms with E-state index in [1.807, 2.05) is 23.1 Å². The van der Waals surface area contributed by atoms with Crippen LogP contribution in [0.2, 0.25) is 0 Å². The largest absolute Gasteiger partial charge is 0.372 e. The van der Waals surface area contributed by atoms with Crippen LogP contribution in [-0.4, -0.2) is 53.5 Å². The summed E-state index contributed by atoms with van der Waals surface area (Å²) >= 11 is 0. The Morgan fingerprint density at radius 1 is 1.10 bits per heavy atom. The summed E-state index contributed by atoms with van der Waals surface area (Å²) in [5, 5.41) is 2.98. The van der Waals surface area contributed by atoms with Gasteiger partial charge in [-0.1, -0.05) is 6.07 Å². The van der Waals surface area contributed by atoms with Crippen molar-refractivity contribution in [3.05, 3.63) is 65.0 Å². The van der Waals surface area contributed by atoms with Crippen LogP contribution < -0.4 is 5.32 Å². The predicted octanol–water partition coefficient (Wildman–Crippen LogP) is 2.16. The molecule has 0 aliphatic carbocycles. The number of ether oxygens (including phenoxy) is 2. The predicted molar refractivity (Wildman–Crippen MR) is 109 cm³/mol. The topological polar surface area (TPSA) is 80.8 Å². The van der Waals surface area contributed by atoms with E-state index in [1.54, 1.807) is 24.5 Å². The van der Waals surface area contributed by atoms with Crippen LogP contribution in [0.25, 0.3) is 0 Å². The average Bonchev–Trinajstić information content (AvgIpc) is 3.39. The number of amides is 2. The number of nitrogens with zero attached hydrogens (tertiary/aromatic N) is 2. The van der Waals surface area contributed by atoms with Gasteiger partial charge in [0.2, 0.25) is 0 Å². The number of likely N-dealkylation sites (tertiary alicyclic amines) is 1. The lowest BCUT2D eigenvalue weighted by Gasteiger charge is -2.50. The molecule has 7 heteroatoms. The molecule has 5 rings (SSSR count). The summed E-state index contributed by atoms with van der Waals surface area (Å²) in [6.07, 6.45) is 5.03. The van der Waals surface area contributed by atoms with Gasteiger partial charge in [0.1, 0.15) is 5.60 Å². The van der Waals surface area contributed by atoms with Crippen LogP contribution in [-0.2, 0) is 22.7 Å². The summed E-state index contributed by atoms with van der Waals surface area (Å²) in [5.41, 5.74) is 3.34. The van der Waals surface area contributed by atoms with Gasteiger partial charge >= 0.3 is 0 Å². The zero-order valence-electron chi connectivity index (χ0n) is 16.8. The third-order valence-electron chi connectivity index (χ3n) is 6.49. The summed E-state index contributed by atoms with van der Waals surface area (Å²) in [7, 11) is 0. The molecule has 2 aromatic rings. The molecule has 3 aliphatic rings. The molecule has 1 aromatic heterocycles. The minimum Gasteiger partial charge on any atom is -0.372 e. The summed E-state index contributed by atoms with van der Waals surface area (Å²) in [5.74, 6) is 0.305. The summed E-state index contributed by atoms with van der Waals surface area (Å²) in [4.78, 5) is 30.9. The highest BCUT2D eigenvalue weighted by Gasteiger charge is 2.54. The van der Waals surface area contributed by atoms with Gasteiger partial charge in [-0.05, 0) is 54.2 Å². The van der Waals surface area contributed by atoms with Crippen molar-refractivity contribution in [2.24, 2.45) is 5.92 Å². The third-order valence-corrected chi connectivity index (χ3v) is 6.49. The molecule has 4 heterocycles. The Bertz CT molecular complexity index is 956. The highest BCUT2D eigenvalue weighted by Crippen LogP contribution is 2.42. The molecule has 0 saturated carbocycles. The van der Waals surface area contributed by atoms with Crippen LogP contribution in [0.4, 0.5) is 0 Å². The van der Waals surface area contributed by atoms with E-state index in [0.29, 0.717) is 56.5 Å². The van der Waals surface area contributed by atoms with Gasteiger partial charge in [-0.15, -0.1) is 0 Å². The molecule has 0 bridgehead atoms. The van der Waals surface area contributed by atoms with E-state index in [9.17, 15) is 9.59 Å². The number of hydrogen-bond donors (Lipinski definition) is 1. The molecular weight excluding hydrogens is 382 g/mol. The maximum Gasteiger partial charge on any atom is 0.254 e. The number of benzene rings is 1. The van der Waals surface area contributed by atoms with Crippen molar-refractivity contribution in [3.63, 3.8) is 0 Å². The average molecular weight is 407 g/mol. The molecule has 0 radical (unpaired) electrons. The van der Waals surface area contributed by atoms with Crippen LogP contribution in [0.15, 0.2) is 42.7 Å². The lowest BCUT2D eigenvalue weighted by Crippen LogP contribution is -2.66. The van der Waals surface area contributed by atoms with Gasteiger partial charge in [-0.3, -0.25) is 14.6 Å². The van der Waals surface area contributed by atoms with E-state index in [1.165, 1.54) is 5.56 Å². The first kappa shape index (κ1) is 19.2. The zero-order valence-corrected chi connectivity index (χ0v) is 16.8. The molecule has 0 unspecified atom stereocenters. The van der Waals surface area contributed by atoms with Gasteiger partial charge in [-0.2, -0.15) is 0 Å². The third kappa shape index (κ3) is 3.48. The van der Waals surface area contributed by atoms with Crippen molar-refractivity contribution < 1.29 is 19.1 Å². The Kier molecular flexibility index (Phi) is 5.00. The van der Waals surface area contributed by atoms with Crippen molar-refractivity contribution in [2.75, 3.05) is 26.2 Å². The highest BCUT2D eigenvalue weighted by molar-refractivity contribution is 5.95. The fraction of sp³-hybridized carbons (Fsp3) is 0.435. The lowest BCUT2D eigenvalue weighted by molar-refractivity contribution is -0.117. The van der Waals surface area contributed by atoms with E-state index >= 15 is 0 Å². The van der Waals surface area contributed by atoms with Crippen LogP contribution in [0.1, 0.15) is 44.7 Å². The van der Waals surface area contributed by atoms with Gasteiger partial charge in [0.05, 0.1) is 26.3 Å². The molecule has 1 atom stereocenters. The Balaban J connectivity index is 1.15. The molecule has 3 aliphatic heterocycles. The minimum absolute atomic E-state index is 0.0514. The summed E-state index contributed by atoms with van der Waals surface area (Å²) < 4.78 is 11.5. The molecule has 2 fully saturated rings. The Labute approximate surface area is 175 Å². The van der Waals surface area contributed by atoms with Crippen LogP contribution in [0, 0.1) is 5.92 Å². The van der Waals surface area contributed by atoms with Crippen LogP contribution in [0.3, 0.4) is 0 Å². The van der Waals surface area contributed by atoms with Gasteiger partial charge in [-0.25, -0.2) is 0 Å². The smallest absolute Gasteiger partial charge is 0.254 e. The molecule has 2 amide bonds. The normalized spacial score (nSPS) is 21.3. The van der Waals surface area contributed by atoms with Crippen molar-refractivity contribution in [2.45, 2.75) is 31.7 Å². The quantitative estimate of drug-likeness (QED) is 0.822. The molecule has 7 nitrogen and oxygen atoms in total. The maximum absolute atomic E-state index is 12.9. The molecular formula is C23H25N3O4. The number of nitrogens with one attached hydrogen (secondary N) is 1. The number of hydrogen-bond acceptors (Lipinski definition) is 5. The van der Waals surface area contributed by atoms with Gasteiger partial charge in [0, 0.05) is 36.7 Å². The molecule has 156 valence electrons. The van der Waals surface area contributed by atoms with E-state index in [-0.39, 0.29) is 17.4 Å². The van der Waals surface area contributed by atoms with Crippen LogP contribution >= 0.6 is 0 Å².